The first-order valence-corrected chi connectivity index (χ1v) is 11.0. The van der Waals surface area contributed by atoms with Crippen molar-refractivity contribution in [2.24, 2.45) is 29.6 Å². The maximum Gasteiger partial charge on any atom is 0.338 e. The van der Waals surface area contributed by atoms with Crippen LogP contribution in [0.2, 0.25) is 0 Å². The third-order valence-corrected chi connectivity index (χ3v) is 6.17. The van der Waals surface area contributed by atoms with E-state index >= 15 is 0 Å². The highest BCUT2D eigenvalue weighted by atomic mass is 16.5. The normalized spacial score (nSPS) is 24.9. The molecule has 1 aromatic carbocycles. The SMILES string of the molecule is CC(C)COC(=O)c1ccc(NC(=O)COC(=O)CN2C(=O)[C@H]3[C@H](C2=O)[C@H]2C=C[C@H]3C2)cc1. The van der Waals surface area contributed by atoms with Crippen molar-refractivity contribution in [1.29, 1.82) is 0 Å². The standard InChI is InChI=1S/C24H26N2O7/c1-13(2)11-33-24(31)14-5-7-17(8-6-14)25-18(27)12-32-19(28)10-26-22(29)20-15-3-4-16(9-15)21(20)23(26)30/h3-8,13,15-16,20-21H,9-12H2,1-2H3,(H,25,27)/t15-,16-,20+,21+/m0/s1. The Morgan fingerprint density at radius 2 is 1.61 bits per heavy atom. The van der Waals surface area contributed by atoms with E-state index in [0.717, 1.165) is 11.3 Å². The molecule has 9 heteroatoms. The van der Waals surface area contributed by atoms with Gasteiger partial charge in [-0.15, -0.1) is 0 Å². The molecule has 33 heavy (non-hydrogen) atoms. The van der Waals surface area contributed by atoms with Crippen LogP contribution < -0.4 is 5.32 Å². The van der Waals surface area contributed by atoms with Crippen LogP contribution in [0.25, 0.3) is 0 Å². The maximum atomic E-state index is 12.6. The summed E-state index contributed by atoms with van der Waals surface area (Å²) in [6.45, 7) is 3.13. The average molecular weight is 454 g/mol. The van der Waals surface area contributed by atoms with E-state index in [4.69, 9.17) is 9.47 Å². The molecule has 1 N–H and O–H groups in total. The van der Waals surface area contributed by atoms with Gasteiger partial charge in [-0.25, -0.2) is 4.79 Å². The third kappa shape index (κ3) is 4.67. The van der Waals surface area contributed by atoms with E-state index in [1.165, 1.54) is 24.3 Å². The minimum absolute atomic E-state index is 0.0618. The number of imide groups is 1. The Morgan fingerprint density at radius 3 is 2.18 bits per heavy atom. The van der Waals surface area contributed by atoms with Crippen LogP contribution in [0.15, 0.2) is 36.4 Å². The van der Waals surface area contributed by atoms with E-state index in [1.807, 2.05) is 26.0 Å². The van der Waals surface area contributed by atoms with Gasteiger partial charge in [-0.3, -0.25) is 24.1 Å². The number of rotatable bonds is 8. The van der Waals surface area contributed by atoms with Crippen LogP contribution in [-0.4, -0.2) is 54.3 Å². The first-order chi connectivity index (χ1) is 15.7. The summed E-state index contributed by atoms with van der Waals surface area (Å²) in [5.74, 6) is -2.95. The summed E-state index contributed by atoms with van der Waals surface area (Å²) in [7, 11) is 0. The fraction of sp³-hybridized carbons (Fsp3) is 0.458. The summed E-state index contributed by atoms with van der Waals surface area (Å²) in [5, 5.41) is 2.55. The number of nitrogens with one attached hydrogen (secondary N) is 1. The Bertz CT molecular complexity index is 984. The minimum atomic E-state index is -0.824. The molecule has 0 aromatic heterocycles. The molecule has 2 bridgehead atoms. The summed E-state index contributed by atoms with van der Waals surface area (Å²) in [5.41, 5.74) is 0.769. The highest BCUT2D eigenvalue weighted by molar-refractivity contribution is 6.08. The van der Waals surface area contributed by atoms with Crippen molar-refractivity contribution in [1.82, 2.24) is 4.90 Å². The topological polar surface area (TPSA) is 119 Å². The van der Waals surface area contributed by atoms with Crippen LogP contribution in [-0.2, 0) is 28.7 Å². The second kappa shape index (κ2) is 9.17. The molecule has 9 nitrogen and oxygen atoms in total. The molecule has 1 saturated heterocycles. The molecule has 4 atom stereocenters. The summed E-state index contributed by atoms with van der Waals surface area (Å²) >= 11 is 0. The van der Waals surface area contributed by atoms with Gasteiger partial charge in [0.25, 0.3) is 5.91 Å². The van der Waals surface area contributed by atoms with E-state index in [2.05, 4.69) is 5.32 Å². The molecule has 2 fully saturated rings. The Kier molecular flexibility index (Phi) is 6.31. The van der Waals surface area contributed by atoms with E-state index < -0.39 is 31.0 Å². The molecule has 1 aromatic rings. The number of nitrogens with zero attached hydrogens (tertiary/aromatic N) is 1. The zero-order chi connectivity index (χ0) is 23.7. The van der Waals surface area contributed by atoms with Gasteiger partial charge in [-0.05, 0) is 48.4 Å². The molecule has 3 aliphatic rings. The van der Waals surface area contributed by atoms with Crippen LogP contribution in [0, 0.1) is 29.6 Å². The van der Waals surface area contributed by atoms with Crippen LogP contribution >= 0.6 is 0 Å². The molecule has 3 amide bonds. The fourth-order valence-electron chi connectivity index (χ4n) is 4.65. The smallest absolute Gasteiger partial charge is 0.338 e. The minimum Gasteiger partial charge on any atom is -0.462 e. The molecular formula is C24H26N2O7. The first-order valence-electron chi connectivity index (χ1n) is 11.0. The van der Waals surface area contributed by atoms with Gasteiger partial charge in [-0.2, -0.15) is 0 Å². The fourth-order valence-corrected chi connectivity index (χ4v) is 4.65. The van der Waals surface area contributed by atoms with Gasteiger partial charge in [0, 0.05) is 5.69 Å². The van der Waals surface area contributed by atoms with E-state index in [0.29, 0.717) is 17.9 Å². The number of fused-ring (bicyclic) bond motifs is 5. The summed E-state index contributed by atoms with van der Waals surface area (Å²) in [4.78, 5) is 62.3. The molecule has 2 aliphatic carbocycles. The highest BCUT2D eigenvalue weighted by Gasteiger charge is 2.59. The molecule has 0 spiro atoms. The van der Waals surface area contributed by atoms with Gasteiger partial charge in [-0.1, -0.05) is 26.0 Å². The van der Waals surface area contributed by atoms with Crippen molar-refractivity contribution in [3.8, 4) is 0 Å². The maximum absolute atomic E-state index is 12.6. The first kappa shape index (κ1) is 22.7. The van der Waals surface area contributed by atoms with E-state index in [1.54, 1.807) is 0 Å². The second-order valence-electron chi connectivity index (χ2n) is 9.04. The number of carbonyl (C=O) groups excluding carboxylic acids is 5. The van der Waals surface area contributed by atoms with Crippen molar-refractivity contribution in [3.05, 3.63) is 42.0 Å². The average Bonchev–Trinajstić information content (AvgIpc) is 3.47. The van der Waals surface area contributed by atoms with Crippen molar-refractivity contribution < 1.29 is 33.4 Å². The monoisotopic (exact) mass is 454 g/mol. The highest BCUT2D eigenvalue weighted by Crippen LogP contribution is 2.52. The number of likely N-dealkylation sites (tertiary alicyclic amines) is 1. The molecular weight excluding hydrogens is 428 g/mol. The lowest BCUT2D eigenvalue weighted by Crippen LogP contribution is -2.38. The Balaban J connectivity index is 1.22. The number of anilines is 1. The lowest BCUT2D eigenvalue weighted by Gasteiger charge is -2.16. The Labute approximate surface area is 191 Å². The Hall–Kier alpha value is -3.49. The number of allylic oxidation sites excluding steroid dienone is 2. The third-order valence-electron chi connectivity index (χ3n) is 6.17. The number of hydrogen-bond donors (Lipinski definition) is 1. The van der Waals surface area contributed by atoms with Crippen LogP contribution in [0.3, 0.4) is 0 Å². The Morgan fingerprint density at radius 1 is 1.00 bits per heavy atom. The van der Waals surface area contributed by atoms with Crippen LogP contribution in [0.5, 0.6) is 0 Å². The van der Waals surface area contributed by atoms with Gasteiger partial charge in [0.2, 0.25) is 11.8 Å². The van der Waals surface area contributed by atoms with Crippen molar-refractivity contribution >= 4 is 35.3 Å². The number of esters is 2. The lowest BCUT2D eigenvalue weighted by atomic mass is 9.85. The summed E-state index contributed by atoms with van der Waals surface area (Å²) < 4.78 is 10.1. The van der Waals surface area contributed by atoms with Gasteiger partial charge >= 0.3 is 11.9 Å². The van der Waals surface area contributed by atoms with E-state index in [9.17, 15) is 24.0 Å². The molecule has 4 rings (SSSR count). The van der Waals surface area contributed by atoms with Crippen molar-refractivity contribution in [2.45, 2.75) is 20.3 Å². The molecule has 1 heterocycles. The summed E-state index contributed by atoms with van der Waals surface area (Å²) in [6.07, 6.45) is 4.76. The predicted octanol–water partition coefficient (Wildman–Crippen LogP) is 1.79. The quantitative estimate of drug-likeness (QED) is 0.361. The number of benzene rings is 1. The largest absolute Gasteiger partial charge is 0.462 e. The lowest BCUT2D eigenvalue weighted by molar-refractivity contribution is -0.154. The van der Waals surface area contributed by atoms with Gasteiger partial charge in [0.15, 0.2) is 6.61 Å². The molecule has 0 radical (unpaired) electrons. The zero-order valence-electron chi connectivity index (χ0n) is 18.5. The molecule has 0 unspecified atom stereocenters. The van der Waals surface area contributed by atoms with Gasteiger partial charge in [0.1, 0.15) is 6.54 Å². The van der Waals surface area contributed by atoms with Gasteiger partial charge in [0.05, 0.1) is 24.0 Å². The number of hydrogen-bond acceptors (Lipinski definition) is 7. The number of carbonyl (C=O) groups is 5. The van der Waals surface area contributed by atoms with E-state index in [-0.39, 0.29) is 41.4 Å². The number of ether oxygens (including phenoxy) is 2. The molecule has 174 valence electrons. The van der Waals surface area contributed by atoms with Crippen molar-refractivity contribution in [2.75, 3.05) is 25.1 Å². The number of amides is 3. The van der Waals surface area contributed by atoms with Crippen LogP contribution in [0.4, 0.5) is 5.69 Å². The molecule has 1 aliphatic heterocycles. The summed E-state index contributed by atoms with van der Waals surface area (Å²) in [6, 6.07) is 6.12. The van der Waals surface area contributed by atoms with Gasteiger partial charge < -0.3 is 14.8 Å². The zero-order valence-corrected chi connectivity index (χ0v) is 18.5. The van der Waals surface area contributed by atoms with Crippen LogP contribution in [0.1, 0.15) is 30.6 Å². The van der Waals surface area contributed by atoms with Crippen molar-refractivity contribution in [3.63, 3.8) is 0 Å². The second-order valence-corrected chi connectivity index (χ2v) is 9.04. The predicted molar refractivity (Wildman–Crippen MR) is 116 cm³/mol. The molecule has 1 saturated carbocycles.